The second-order valence-electron chi connectivity index (χ2n) is 5.26. The predicted molar refractivity (Wildman–Crippen MR) is 78.7 cm³/mol. The molecule has 1 fully saturated rings. The molecule has 1 aliphatic rings. The van der Waals surface area contributed by atoms with Crippen molar-refractivity contribution in [1.82, 2.24) is 9.88 Å². The summed E-state index contributed by atoms with van der Waals surface area (Å²) in [6, 6.07) is 11.5. The monoisotopic (exact) mass is 304 g/mol. The molecule has 21 heavy (non-hydrogen) atoms. The first kappa shape index (κ1) is 14.0. The van der Waals surface area contributed by atoms with E-state index in [0.717, 1.165) is 6.42 Å². The van der Waals surface area contributed by atoms with Gasteiger partial charge in [0, 0.05) is 19.3 Å². The number of carbonyl (C=O) groups excluding carboxylic acids is 1. The number of benzene rings is 1. The Morgan fingerprint density at radius 2 is 2.05 bits per heavy atom. The highest BCUT2D eigenvalue weighted by Crippen LogP contribution is 2.23. The Kier molecular flexibility index (Phi) is 3.88. The summed E-state index contributed by atoms with van der Waals surface area (Å²) in [6.45, 7) is 1.42. The molecule has 1 aromatic heterocycles. The molecule has 1 aromatic carbocycles. The van der Waals surface area contributed by atoms with Crippen LogP contribution >= 0.6 is 11.6 Å². The van der Waals surface area contributed by atoms with E-state index < -0.39 is 5.95 Å². The highest BCUT2D eigenvalue weighted by Gasteiger charge is 2.31. The van der Waals surface area contributed by atoms with Gasteiger partial charge in [0.15, 0.2) is 0 Å². The number of likely N-dealkylation sites (tertiary alicyclic amines) is 1. The summed E-state index contributed by atoms with van der Waals surface area (Å²) in [6.07, 6.45) is 2.20. The fourth-order valence-electron chi connectivity index (χ4n) is 2.53. The third kappa shape index (κ3) is 3.05. The molecule has 0 unspecified atom stereocenters. The van der Waals surface area contributed by atoms with Crippen LogP contribution in [0.4, 0.5) is 4.39 Å². The lowest BCUT2D eigenvalue weighted by molar-refractivity contribution is 0.0500. The van der Waals surface area contributed by atoms with Crippen molar-refractivity contribution < 1.29 is 9.18 Å². The zero-order chi connectivity index (χ0) is 14.8. The molecular weight excluding hydrogens is 291 g/mol. The van der Waals surface area contributed by atoms with Gasteiger partial charge in [-0.1, -0.05) is 41.9 Å². The van der Waals surface area contributed by atoms with E-state index in [-0.39, 0.29) is 10.9 Å². The maximum Gasteiger partial charge on any atom is 0.255 e. The van der Waals surface area contributed by atoms with Gasteiger partial charge < -0.3 is 4.90 Å². The normalized spacial score (nSPS) is 14.9. The lowest BCUT2D eigenvalue weighted by Crippen LogP contribution is -2.50. The van der Waals surface area contributed by atoms with Gasteiger partial charge in [-0.25, -0.2) is 4.98 Å². The zero-order valence-corrected chi connectivity index (χ0v) is 12.1. The van der Waals surface area contributed by atoms with Gasteiger partial charge in [0.1, 0.15) is 0 Å². The Labute approximate surface area is 127 Å². The number of pyridine rings is 1. The minimum atomic E-state index is -0.751. The summed E-state index contributed by atoms with van der Waals surface area (Å²) in [5.74, 6) is -0.423. The number of amides is 1. The standard InChI is InChI=1S/C16H14ClFN2O/c17-14-7-13(8-19-15(14)18)16(21)20-9-12(10-20)6-11-4-2-1-3-5-11/h1-5,7-8,12H,6,9-10H2. The van der Waals surface area contributed by atoms with Gasteiger partial charge in [-0.2, -0.15) is 4.39 Å². The van der Waals surface area contributed by atoms with Crippen LogP contribution in [0.2, 0.25) is 5.02 Å². The van der Waals surface area contributed by atoms with Crippen LogP contribution < -0.4 is 0 Å². The smallest absolute Gasteiger partial charge is 0.255 e. The van der Waals surface area contributed by atoms with Crippen molar-refractivity contribution >= 4 is 17.5 Å². The van der Waals surface area contributed by atoms with E-state index >= 15 is 0 Å². The Balaban J connectivity index is 1.58. The molecule has 2 aromatic rings. The molecule has 0 radical (unpaired) electrons. The molecule has 1 saturated heterocycles. The second-order valence-corrected chi connectivity index (χ2v) is 5.67. The second kappa shape index (κ2) is 5.82. The van der Waals surface area contributed by atoms with Crippen molar-refractivity contribution in [3.05, 3.63) is 64.7 Å². The third-order valence-corrected chi connectivity index (χ3v) is 3.92. The topological polar surface area (TPSA) is 33.2 Å². The van der Waals surface area contributed by atoms with Crippen molar-refractivity contribution in [1.29, 1.82) is 0 Å². The van der Waals surface area contributed by atoms with Crippen LogP contribution in [-0.4, -0.2) is 28.9 Å². The van der Waals surface area contributed by atoms with E-state index in [0.29, 0.717) is 24.6 Å². The first-order valence-corrected chi connectivity index (χ1v) is 7.15. The van der Waals surface area contributed by atoms with Crippen molar-refractivity contribution in [2.24, 2.45) is 5.92 Å². The van der Waals surface area contributed by atoms with Crippen LogP contribution in [-0.2, 0) is 6.42 Å². The number of hydrogen-bond donors (Lipinski definition) is 0. The van der Waals surface area contributed by atoms with Crippen molar-refractivity contribution in [2.75, 3.05) is 13.1 Å². The first-order chi connectivity index (χ1) is 10.1. The number of halogens is 2. The molecule has 0 atom stereocenters. The van der Waals surface area contributed by atoms with E-state index in [4.69, 9.17) is 11.6 Å². The molecule has 3 nitrogen and oxygen atoms in total. The largest absolute Gasteiger partial charge is 0.338 e. The van der Waals surface area contributed by atoms with Crippen molar-refractivity contribution in [3.8, 4) is 0 Å². The Morgan fingerprint density at radius 1 is 1.33 bits per heavy atom. The molecule has 1 amide bonds. The molecule has 5 heteroatoms. The lowest BCUT2D eigenvalue weighted by atomic mass is 9.91. The summed E-state index contributed by atoms with van der Waals surface area (Å²) >= 11 is 5.65. The maximum absolute atomic E-state index is 13.0. The quantitative estimate of drug-likeness (QED) is 0.816. The van der Waals surface area contributed by atoms with Crippen LogP contribution in [0.15, 0.2) is 42.6 Å². The Morgan fingerprint density at radius 3 is 2.71 bits per heavy atom. The molecule has 108 valence electrons. The fraction of sp³-hybridized carbons (Fsp3) is 0.250. The average Bonchev–Trinajstić information content (AvgIpc) is 2.46. The third-order valence-electron chi connectivity index (χ3n) is 3.65. The van der Waals surface area contributed by atoms with Gasteiger partial charge in [-0.3, -0.25) is 4.79 Å². The molecule has 2 heterocycles. The van der Waals surface area contributed by atoms with Crippen LogP contribution in [0.5, 0.6) is 0 Å². The van der Waals surface area contributed by atoms with Gasteiger partial charge >= 0.3 is 0 Å². The van der Waals surface area contributed by atoms with E-state index in [1.165, 1.54) is 17.8 Å². The van der Waals surface area contributed by atoms with Gasteiger partial charge in [-0.05, 0) is 24.0 Å². The molecule has 1 aliphatic heterocycles. The molecule has 0 bridgehead atoms. The summed E-state index contributed by atoms with van der Waals surface area (Å²) in [5.41, 5.74) is 1.61. The Hall–Kier alpha value is -1.94. The van der Waals surface area contributed by atoms with Gasteiger partial charge in [-0.15, -0.1) is 0 Å². The van der Waals surface area contributed by atoms with Crippen molar-refractivity contribution in [2.45, 2.75) is 6.42 Å². The average molecular weight is 305 g/mol. The predicted octanol–water partition coefficient (Wildman–Crippen LogP) is 3.19. The minimum Gasteiger partial charge on any atom is -0.338 e. The number of carbonyl (C=O) groups is 1. The number of hydrogen-bond acceptors (Lipinski definition) is 2. The molecular formula is C16H14ClFN2O. The summed E-state index contributed by atoms with van der Waals surface area (Å²) in [7, 11) is 0. The van der Waals surface area contributed by atoms with E-state index in [1.54, 1.807) is 4.90 Å². The van der Waals surface area contributed by atoms with Gasteiger partial charge in [0.25, 0.3) is 5.91 Å². The van der Waals surface area contributed by atoms with Crippen LogP contribution in [0.3, 0.4) is 0 Å². The lowest BCUT2D eigenvalue weighted by Gasteiger charge is -2.39. The maximum atomic E-state index is 13.0. The molecule has 0 saturated carbocycles. The summed E-state index contributed by atoms with van der Waals surface area (Å²) in [5, 5.41) is -0.123. The Bertz CT molecular complexity index is 657. The van der Waals surface area contributed by atoms with E-state index in [1.807, 2.05) is 18.2 Å². The highest BCUT2D eigenvalue weighted by atomic mass is 35.5. The highest BCUT2D eigenvalue weighted by molar-refractivity contribution is 6.30. The number of nitrogens with zero attached hydrogens (tertiary/aromatic N) is 2. The molecule has 0 spiro atoms. The minimum absolute atomic E-state index is 0.123. The van der Waals surface area contributed by atoms with E-state index in [2.05, 4.69) is 17.1 Å². The fourth-order valence-corrected chi connectivity index (χ4v) is 2.70. The molecule has 0 aliphatic carbocycles. The van der Waals surface area contributed by atoms with Crippen LogP contribution in [0.1, 0.15) is 15.9 Å². The molecule has 0 N–H and O–H groups in total. The summed E-state index contributed by atoms with van der Waals surface area (Å²) < 4.78 is 13.0. The zero-order valence-electron chi connectivity index (χ0n) is 11.3. The molecule has 3 rings (SSSR count). The van der Waals surface area contributed by atoms with Gasteiger partial charge in [0.05, 0.1) is 10.6 Å². The first-order valence-electron chi connectivity index (χ1n) is 6.77. The number of rotatable bonds is 3. The van der Waals surface area contributed by atoms with Crippen molar-refractivity contribution in [3.63, 3.8) is 0 Å². The number of aromatic nitrogens is 1. The van der Waals surface area contributed by atoms with Crippen LogP contribution in [0, 0.1) is 11.9 Å². The summed E-state index contributed by atoms with van der Waals surface area (Å²) in [4.78, 5) is 17.4. The van der Waals surface area contributed by atoms with Crippen LogP contribution in [0.25, 0.3) is 0 Å². The van der Waals surface area contributed by atoms with E-state index in [9.17, 15) is 9.18 Å². The van der Waals surface area contributed by atoms with Gasteiger partial charge in [0.2, 0.25) is 5.95 Å². The SMILES string of the molecule is O=C(c1cnc(F)c(Cl)c1)N1CC(Cc2ccccc2)C1.